The molecule has 0 amide bonds. The lowest BCUT2D eigenvalue weighted by atomic mass is 10.3. The standard InChI is InChI=1S/C18H24N6O/c1-13(2)25-10-9-19-16-11-17(23(3)4)22-18(21-16)24-12-20-14-7-5-6-8-15(14)24/h5-8,11-13H,9-10H2,1-4H3,(H,19,21,22). The Labute approximate surface area is 147 Å². The Morgan fingerprint density at radius 2 is 2.00 bits per heavy atom. The van der Waals surface area contributed by atoms with Gasteiger partial charge in [-0.2, -0.15) is 9.97 Å². The quantitative estimate of drug-likeness (QED) is 0.667. The van der Waals surface area contributed by atoms with E-state index in [0.29, 0.717) is 19.1 Å². The zero-order valence-electron chi connectivity index (χ0n) is 15.1. The van der Waals surface area contributed by atoms with Gasteiger partial charge in [0.15, 0.2) is 0 Å². The summed E-state index contributed by atoms with van der Waals surface area (Å²) in [6, 6.07) is 9.87. The van der Waals surface area contributed by atoms with Gasteiger partial charge in [-0.05, 0) is 26.0 Å². The van der Waals surface area contributed by atoms with E-state index in [-0.39, 0.29) is 6.10 Å². The van der Waals surface area contributed by atoms with Gasteiger partial charge in [-0.1, -0.05) is 12.1 Å². The molecule has 2 heterocycles. The van der Waals surface area contributed by atoms with Crippen molar-refractivity contribution < 1.29 is 4.74 Å². The van der Waals surface area contributed by atoms with Crippen LogP contribution in [0.2, 0.25) is 0 Å². The average molecular weight is 340 g/mol. The van der Waals surface area contributed by atoms with Crippen LogP contribution in [-0.2, 0) is 4.74 Å². The maximum absolute atomic E-state index is 5.57. The molecule has 1 aromatic carbocycles. The molecule has 7 nitrogen and oxygen atoms in total. The molecule has 0 bridgehead atoms. The number of nitrogens with zero attached hydrogens (tertiary/aromatic N) is 5. The second kappa shape index (κ2) is 7.48. The lowest BCUT2D eigenvalue weighted by Gasteiger charge is -2.15. The van der Waals surface area contributed by atoms with Gasteiger partial charge in [0, 0.05) is 26.7 Å². The monoisotopic (exact) mass is 340 g/mol. The fourth-order valence-electron chi connectivity index (χ4n) is 2.44. The van der Waals surface area contributed by atoms with Crippen LogP contribution in [0.5, 0.6) is 0 Å². The first kappa shape index (κ1) is 17.2. The van der Waals surface area contributed by atoms with Crippen molar-refractivity contribution in [1.29, 1.82) is 0 Å². The first-order valence-corrected chi connectivity index (χ1v) is 8.39. The molecule has 0 spiro atoms. The number of imidazole rings is 1. The second-order valence-electron chi connectivity index (χ2n) is 6.26. The van der Waals surface area contributed by atoms with Crippen LogP contribution in [0.1, 0.15) is 13.8 Å². The molecule has 0 radical (unpaired) electrons. The van der Waals surface area contributed by atoms with Crippen molar-refractivity contribution in [1.82, 2.24) is 19.5 Å². The summed E-state index contributed by atoms with van der Waals surface area (Å²) in [4.78, 5) is 15.7. The smallest absolute Gasteiger partial charge is 0.239 e. The van der Waals surface area contributed by atoms with Crippen LogP contribution >= 0.6 is 0 Å². The highest BCUT2D eigenvalue weighted by Crippen LogP contribution is 2.20. The minimum absolute atomic E-state index is 0.220. The van der Waals surface area contributed by atoms with Crippen LogP contribution in [0.3, 0.4) is 0 Å². The van der Waals surface area contributed by atoms with E-state index in [9.17, 15) is 0 Å². The fourth-order valence-corrected chi connectivity index (χ4v) is 2.44. The molecule has 0 aliphatic rings. The number of nitrogens with one attached hydrogen (secondary N) is 1. The van der Waals surface area contributed by atoms with Crippen LogP contribution in [0.4, 0.5) is 11.6 Å². The van der Waals surface area contributed by atoms with Crippen molar-refractivity contribution in [3.8, 4) is 5.95 Å². The molecular weight excluding hydrogens is 316 g/mol. The van der Waals surface area contributed by atoms with E-state index >= 15 is 0 Å². The average Bonchev–Trinajstić information content (AvgIpc) is 3.02. The first-order chi connectivity index (χ1) is 12.0. The zero-order valence-corrected chi connectivity index (χ0v) is 15.1. The third kappa shape index (κ3) is 4.06. The summed E-state index contributed by atoms with van der Waals surface area (Å²) >= 11 is 0. The summed E-state index contributed by atoms with van der Waals surface area (Å²) in [7, 11) is 3.92. The molecule has 25 heavy (non-hydrogen) atoms. The Kier molecular flexibility index (Phi) is 5.14. The molecule has 0 saturated carbocycles. The van der Waals surface area contributed by atoms with Gasteiger partial charge in [0.25, 0.3) is 0 Å². The van der Waals surface area contributed by atoms with Crippen LogP contribution in [-0.4, -0.2) is 52.9 Å². The van der Waals surface area contributed by atoms with Crippen molar-refractivity contribution in [2.24, 2.45) is 0 Å². The van der Waals surface area contributed by atoms with Crippen LogP contribution < -0.4 is 10.2 Å². The predicted molar refractivity (Wildman–Crippen MR) is 101 cm³/mol. The molecule has 0 saturated heterocycles. The van der Waals surface area contributed by atoms with Gasteiger partial charge in [-0.25, -0.2) is 4.98 Å². The maximum Gasteiger partial charge on any atom is 0.239 e. The Hall–Kier alpha value is -2.67. The van der Waals surface area contributed by atoms with Crippen molar-refractivity contribution in [3.63, 3.8) is 0 Å². The summed E-state index contributed by atoms with van der Waals surface area (Å²) in [5, 5.41) is 3.31. The number of fused-ring (bicyclic) bond motifs is 1. The molecule has 132 valence electrons. The number of hydrogen-bond acceptors (Lipinski definition) is 6. The summed E-state index contributed by atoms with van der Waals surface area (Å²) in [5.74, 6) is 2.18. The van der Waals surface area contributed by atoms with Crippen LogP contribution in [0, 0.1) is 0 Å². The van der Waals surface area contributed by atoms with Gasteiger partial charge in [-0.3, -0.25) is 4.57 Å². The molecule has 0 aliphatic heterocycles. The highest BCUT2D eigenvalue weighted by atomic mass is 16.5. The zero-order chi connectivity index (χ0) is 17.8. The first-order valence-electron chi connectivity index (χ1n) is 8.39. The molecule has 3 aromatic rings. The Bertz CT molecular complexity index is 842. The lowest BCUT2D eigenvalue weighted by molar-refractivity contribution is 0.0870. The Morgan fingerprint density at radius 1 is 1.20 bits per heavy atom. The predicted octanol–water partition coefficient (Wildman–Crippen LogP) is 2.72. The number of rotatable bonds is 7. The molecule has 0 aliphatic carbocycles. The molecule has 7 heteroatoms. The van der Waals surface area contributed by atoms with E-state index in [1.54, 1.807) is 6.33 Å². The van der Waals surface area contributed by atoms with Gasteiger partial charge >= 0.3 is 0 Å². The van der Waals surface area contributed by atoms with E-state index < -0.39 is 0 Å². The third-order valence-electron chi connectivity index (χ3n) is 3.69. The lowest BCUT2D eigenvalue weighted by Crippen LogP contribution is -2.17. The van der Waals surface area contributed by atoms with E-state index in [0.717, 1.165) is 22.7 Å². The van der Waals surface area contributed by atoms with Crippen molar-refractivity contribution >= 4 is 22.7 Å². The second-order valence-corrected chi connectivity index (χ2v) is 6.26. The van der Waals surface area contributed by atoms with Crippen LogP contribution in [0.15, 0.2) is 36.7 Å². The molecule has 2 aromatic heterocycles. The van der Waals surface area contributed by atoms with Crippen molar-refractivity contribution in [2.75, 3.05) is 37.5 Å². The normalized spacial score (nSPS) is 11.2. The molecular formula is C18H24N6O. The van der Waals surface area contributed by atoms with Gasteiger partial charge in [-0.15, -0.1) is 0 Å². The molecule has 0 fully saturated rings. The number of benzene rings is 1. The number of hydrogen-bond donors (Lipinski definition) is 1. The van der Waals surface area contributed by atoms with Gasteiger partial charge in [0.1, 0.15) is 18.0 Å². The van der Waals surface area contributed by atoms with E-state index in [1.165, 1.54) is 0 Å². The van der Waals surface area contributed by atoms with E-state index in [2.05, 4.69) is 20.3 Å². The SMILES string of the molecule is CC(C)OCCNc1cc(N(C)C)nc(-n2cnc3ccccc32)n1. The largest absolute Gasteiger partial charge is 0.377 e. The van der Waals surface area contributed by atoms with Crippen molar-refractivity contribution in [2.45, 2.75) is 20.0 Å². The Balaban J connectivity index is 1.90. The molecule has 0 unspecified atom stereocenters. The third-order valence-corrected chi connectivity index (χ3v) is 3.69. The topological polar surface area (TPSA) is 68.1 Å². The molecule has 1 N–H and O–H groups in total. The van der Waals surface area contributed by atoms with Crippen LogP contribution in [0.25, 0.3) is 17.0 Å². The fraction of sp³-hybridized carbons (Fsp3) is 0.389. The highest BCUT2D eigenvalue weighted by molar-refractivity contribution is 5.76. The number of aromatic nitrogens is 4. The summed E-state index contributed by atoms with van der Waals surface area (Å²) in [5.41, 5.74) is 1.90. The number of anilines is 2. The molecule has 0 atom stereocenters. The minimum atomic E-state index is 0.220. The number of para-hydroxylation sites is 2. The van der Waals surface area contributed by atoms with Gasteiger partial charge in [0.05, 0.1) is 23.7 Å². The number of ether oxygens (including phenoxy) is 1. The van der Waals surface area contributed by atoms with Gasteiger partial charge in [0.2, 0.25) is 5.95 Å². The van der Waals surface area contributed by atoms with Crippen molar-refractivity contribution in [3.05, 3.63) is 36.7 Å². The summed E-state index contributed by atoms with van der Waals surface area (Å²) in [6.45, 7) is 5.36. The van der Waals surface area contributed by atoms with E-state index in [1.807, 2.05) is 67.7 Å². The Morgan fingerprint density at radius 3 is 2.76 bits per heavy atom. The highest BCUT2D eigenvalue weighted by Gasteiger charge is 2.11. The maximum atomic E-state index is 5.57. The summed E-state index contributed by atoms with van der Waals surface area (Å²) < 4.78 is 7.47. The molecule has 3 rings (SSSR count). The van der Waals surface area contributed by atoms with E-state index in [4.69, 9.17) is 4.74 Å². The summed E-state index contributed by atoms with van der Waals surface area (Å²) in [6.07, 6.45) is 1.97. The van der Waals surface area contributed by atoms with Gasteiger partial charge < -0.3 is 15.0 Å². The minimum Gasteiger partial charge on any atom is -0.377 e.